The molecule has 1 aliphatic carbocycles. The van der Waals surface area contributed by atoms with Gasteiger partial charge >= 0.3 is 5.97 Å². The molecule has 1 saturated heterocycles. The Kier molecular flexibility index (Phi) is 8.24. The molecular formula is C21H29IO5. The summed E-state index contributed by atoms with van der Waals surface area (Å²) in [5, 5.41) is 11.1. The summed E-state index contributed by atoms with van der Waals surface area (Å²) in [6.07, 6.45) is 15.6. The highest BCUT2D eigenvalue weighted by Crippen LogP contribution is 2.60. The standard InChI is InChI=1S/C21H29IO5/c1-3-4-5-6-9-12-15-20(25)16(18(24)21(22)19(20)27-21)13-10-7-8-11-14-17(23)26-2/h7,9-10,12-13,19,25H,3-6,8,11,14-15H2,1-2H3. The van der Waals surface area contributed by atoms with Crippen LogP contribution in [0.5, 0.6) is 0 Å². The molecule has 1 aliphatic heterocycles. The fourth-order valence-corrected chi connectivity index (χ4v) is 4.35. The van der Waals surface area contributed by atoms with E-state index in [-0.39, 0.29) is 11.8 Å². The molecule has 2 aliphatic rings. The van der Waals surface area contributed by atoms with Gasteiger partial charge in [0.1, 0.15) is 11.7 Å². The lowest BCUT2D eigenvalue weighted by atomic mass is 9.90. The Morgan fingerprint density at radius 3 is 2.70 bits per heavy atom. The van der Waals surface area contributed by atoms with E-state index < -0.39 is 15.3 Å². The average molecular weight is 488 g/mol. The topological polar surface area (TPSA) is 76.1 Å². The molecule has 2 fully saturated rings. The smallest absolute Gasteiger partial charge is 0.305 e. The molecule has 150 valence electrons. The highest BCUT2D eigenvalue weighted by molar-refractivity contribution is 14.1. The number of carbonyl (C=O) groups excluding carboxylic acids is 2. The van der Waals surface area contributed by atoms with Crippen LogP contribution in [0.15, 0.2) is 36.0 Å². The number of epoxide rings is 1. The van der Waals surface area contributed by atoms with Gasteiger partial charge in [-0.2, -0.15) is 0 Å². The minimum absolute atomic E-state index is 0.144. The van der Waals surface area contributed by atoms with Gasteiger partial charge in [-0.25, -0.2) is 0 Å². The van der Waals surface area contributed by atoms with Gasteiger partial charge in [0, 0.05) is 18.4 Å². The van der Waals surface area contributed by atoms with Crippen molar-refractivity contribution in [3.63, 3.8) is 0 Å². The number of methoxy groups -OCH3 is 1. The fraction of sp³-hybridized carbons (Fsp3) is 0.619. The number of aliphatic hydroxyl groups is 1. The number of ketones is 1. The number of halogens is 1. The monoisotopic (exact) mass is 488 g/mol. The van der Waals surface area contributed by atoms with Crippen molar-refractivity contribution < 1.29 is 24.2 Å². The van der Waals surface area contributed by atoms with Gasteiger partial charge in [-0.3, -0.25) is 9.59 Å². The molecule has 0 radical (unpaired) electrons. The summed E-state index contributed by atoms with van der Waals surface area (Å²) in [4.78, 5) is 23.7. The summed E-state index contributed by atoms with van der Waals surface area (Å²) < 4.78 is 9.21. The number of hydrogen-bond donors (Lipinski definition) is 1. The molecule has 3 atom stereocenters. The maximum absolute atomic E-state index is 12.6. The van der Waals surface area contributed by atoms with Gasteiger partial charge in [-0.15, -0.1) is 0 Å². The molecule has 2 rings (SSSR count). The average Bonchev–Trinajstić information content (AvgIpc) is 3.33. The zero-order valence-corrected chi connectivity index (χ0v) is 18.2. The molecule has 1 heterocycles. The van der Waals surface area contributed by atoms with Crippen LogP contribution in [0, 0.1) is 0 Å². The summed E-state index contributed by atoms with van der Waals surface area (Å²) in [6, 6.07) is 0. The first-order chi connectivity index (χ1) is 12.9. The van der Waals surface area contributed by atoms with E-state index in [1.54, 1.807) is 12.2 Å². The first-order valence-electron chi connectivity index (χ1n) is 9.63. The number of fused-ring (bicyclic) bond motifs is 1. The van der Waals surface area contributed by atoms with Crippen molar-refractivity contribution in [1.29, 1.82) is 0 Å². The molecule has 0 amide bonds. The van der Waals surface area contributed by atoms with Gasteiger partial charge in [-0.05, 0) is 48.3 Å². The van der Waals surface area contributed by atoms with E-state index in [0.29, 0.717) is 31.3 Å². The van der Waals surface area contributed by atoms with E-state index >= 15 is 0 Å². The third kappa shape index (κ3) is 5.29. The van der Waals surface area contributed by atoms with Gasteiger partial charge in [0.2, 0.25) is 9.39 Å². The molecule has 0 aromatic carbocycles. The van der Waals surface area contributed by atoms with E-state index in [1.807, 2.05) is 34.7 Å². The zero-order chi connectivity index (χ0) is 19.9. The van der Waals surface area contributed by atoms with E-state index in [2.05, 4.69) is 17.7 Å². The number of esters is 1. The Bertz CT molecular complexity index is 638. The van der Waals surface area contributed by atoms with Crippen LogP contribution in [0.4, 0.5) is 0 Å². The molecule has 1 N–H and O–H groups in total. The number of unbranched alkanes of at least 4 members (excludes halogenated alkanes) is 4. The third-order valence-electron chi connectivity index (χ3n) is 4.97. The van der Waals surface area contributed by atoms with Crippen molar-refractivity contribution in [3.8, 4) is 0 Å². The first-order valence-corrected chi connectivity index (χ1v) is 10.7. The van der Waals surface area contributed by atoms with Crippen LogP contribution in [0.3, 0.4) is 0 Å². The highest BCUT2D eigenvalue weighted by atomic mass is 127. The van der Waals surface area contributed by atoms with Crippen molar-refractivity contribution in [2.45, 2.75) is 73.6 Å². The van der Waals surface area contributed by atoms with Gasteiger partial charge in [0.15, 0.2) is 0 Å². The molecule has 6 heteroatoms. The Morgan fingerprint density at radius 1 is 1.26 bits per heavy atom. The quantitative estimate of drug-likeness (QED) is 0.0899. The van der Waals surface area contributed by atoms with E-state index in [4.69, 9.17) is 4.74 Å². The highest BCUT2D eigenvalue weighted by Gasteiger charge is 2.77. The van der Waals surface area contributed by atoms with E-state index in [9.17, 15) is 14.7 Å². The number of rotatable bonds is 11. The maximum Gasteiger partial charge on any atom is 0.305 e. The SMILES string of the molecule is CCCCCC=CCC1(O)C(=CC=CCCCC(=O)OC)C(=O)C2(I)OC12. The van der Waals surface area contributed by atoms with Crippen molar-refractivity contribution >= 4 is 34.3 Å². The Labute approximate surface area is 175 Å². The lowest BCUT2D eigenvalue weighted by Crippen LogP contribution is -2.35. The molecule has 0 aromatic rings. The summed E-state index contributed by atoms with van der Waals surface area (Å²) in [5.74, 6) is -0.369. The predicted molar refractivity (Wildman–Crippen MR) is 113 cm³/mol. The lowest BCUT2D eigenvalue weighted by Gasteiger charge is -2.23. The van der Waals surface area contributed by atoms with Gasteiger partial charge in [0.05, 0.1) is 7.11 Å². The van der Waals surface area contributed by atoms with Crippen LogP contribution < -0.4 is 0 Å². The third-order valence-corrected chi connectivity index (χ3v) is 6.28. The van der Waals surface area contributed by atoms with Crippen molar-refractivity contribution in [2.24, 2.45) is 0 Å². The number of ether oxygens (including phenoxy) is 2. The molecule has 5 nitrogen and oxygen atoms in total. The summed E-state index contributed by atoms with van der Waals surface area (Å²) in [6.45, 7) is 2.17. The summed E-state index contributed by atoms with van der Waals surface area (Å²) in [7, 11) is 1.38. The fourth-order valence-electron chi connectivity index (χ4n) is 3.29. The minimum atomic E-state index is -1.27. The summed E-state index contributed by atoms with van der Waals surface area (Å²) >= 11 is 2.00. The number of alkyl halides is 1. The maximum atomic E-state index is 12.6. The van der Waals surface area contributed by atoms with Gasteiger partial charge < -0.3 is 14.6 Å². The molecular weight excluding hydrogens is 459 g/mol. The first kappa shape index (κ1) is 22.3. The predicted octanol–water partition coefficient (Wildman–Crippen LogP) is 4.18. The molecule has 27 heavy (non-hydrogen) atoms. The number of allylic oxidation sites excluding steroid dienone is 4. The normalized spacial score (nSPS) is 31.2. The lowest BCUT2D eigenvalue weighted by molar-refractivity contribution is -0.140. The van der Waals surface area contributed by atoms with Crippen LogP contribution in [0.2, 0.25) is 0 Å². The second-order valence-electron chi connectivity index (χ2n) is 7.04. The minimum Gasteiger partial charge on any atom is -0.469 e. The van der Waals surface area contributed by atoms with Crippen molar-refractivity contribution in [1.82, 2.24) is 0 Å². The number of carbonyl (C=O) groups is 2. The van der Waals surface area contributed by atoms with E-state index in [1.165, 1.54) is 20.0 Å². The molecule has 3 unspecified atom stereocenters. The van der Waals surface area contributed by atoms with Crippen molar-refractivity contribution in [2.75, 3.05) is 7.11 Å². The Morgan fingerprint density at radius 2 is 2.00 bits per heavy atom. The zero-order valence-electron chi connectivity index (χ0n) is 16.1. The molecule has 0 bridgehead atoms. The largest absolute Gasteiger partial charge is 0.469 e. The Balaban J connectivity index is 1.95. The molecule has 1 saturated carbocycles. The second kappa shape index (κ2) is 9.98. The van der Waals surface area contributed by atoms with Crippen molar-refractivity contribution in [3.05, 3.63) is 36.0 Å². The van der Waals surface area contributed by atoms with Crippen LogP contribution in [0.1, 0.15) is 58.3 Å². The number of hydrogen-bond acceptors (Lipinski definition) is 5. The summed E-state index contributed by atoms with van der Waals surface area (Å²) in [5.41, 5.74) is -0.855. The van der Waals surface area contributed by atoms with Crippen LogP contribution in [-0.2, 0) is 19.1 Å². The second-order valence-corrected chi connectivity index (χ2v) is 8.65. The van der Waals surface area contributed by atoms with Gasteiger partial charge in [0.25, 0.3) is 0 Å². The molecule has 0 aromatic heterocycles. The van der Waals surface area contributed by atoms with Crippen LogP contribution in [-0.4, -0.2) is 39.3 Å². The van der Waals surface area contributed by atoms with Crippen LogP contribution >= 0.6 is 22.6 Å². The van der Waals surface area contributed by atoms with E-state index in [0.717, 1.165) is 12.8 Å². The van der Waals surface area contributed by atoms with Gasteiger partial charge in [-0.1, -0.05) is 50.1 Å². The Hall–Kier alpha value is -0.990. The van der Waals surface area contributed by atoms with Crippen LogP contribution in [0.25, 0.3) is 0 Å². The number of Topliss-reactive ketones (excluding diaryl/α,β-unsaturated/α-hetero) is 1. The molecule has 0 spiro atoms.